The van der Waals surface area contributed by atoms with Gasteiger partial charge in [0.15, 0.2) is 5.69 Å². The van der Waals surface area contributed by atoms with E-state index in [1.165, 1.54) is 30.3 Å². The summed E-state index contributed by atoms with van der Waals surface area (Å²) in [5, 5.41) is 17.0. The number of aromatic nitrogens is 2. The average molecular weight is 483 g/mol. The summed E-state index contributed by atoms with van der Waals surface area (Å²) < 4.78 is 35.9. The summed E-state index contributed by atoms with van der Waals surface area (Å²) in [5.41, 5.74) is 0.828. The summed E-state index contributed by atoms with van der Waals surface area (Å²) >= 11 is 5.56. The molecule has 0 aliphatic carbocycles. The first-order valence-corrected chi connectivity index (χ1v) is 10.9. The van der Waals surface area contributed by atoms with E-state index in [0.29, 0.717) is 16.1 Å². The molecule has 9 nitrogen and oxygen atoms in total. The number of carboxylic acid groups (broad SMARTS) is 1. The number of hydrogen-bond acceptors (Lipinski definition) is 8. The van der Waals surface area contributed by atoms with Crippen LogP contribution >= 0.6 is 11.6 Å². The molecule has 0 saturated carbocycles. The van der Waals surface area contributed by atoms with E-state index < -0.39 is 38.4 Å². The van der Waals surface area contributed by atoms with Gasteiger partial charge in [0, 0.05) is 23.0 Å². The SMILES string of the molecule is Cc1cc(F)ccc1-c1cnc(S(C)(=O)=O)nc1C(=O)O.O=C(OO)c1cccc(Cl)c1. The van der Waals surface area contributed by atoms with Crippen molar-refractivity contribution in [3.05, 3.63) is 76.3 Å². The van der Waals surface area contributed by atoms with Crippen LogP contribution in [0.2, 0.25) is 5.02 Å². The smallest absolute Gasteiger partial charge is 0.372 e. The Morgan fingerprint density at radius 1 is 1.12 bits per heavy atom. The zero-order chi connectivity index (χ0) is 24.1. The molecule has 1 aromatic heterocycles. The van der Waals surface area contributed by atoms with Crippen LogP contribution in [0.1, 0.15) is 26.4 Å². The summed E-state index contributed by atoms with van der Waals surface area (Å²) in [4.78, 5) is 32.7. The number of benzene rings is 2. The van der Waals surface area contributed by atoms with Crippen molar-refractivity contribution in [3.63, 3.8) is 0 Å². The number of halogens is 2. The van der Waals surface area contributed by atoms with E-state index in [1.807, 2.05) is 0 Å². The predicted molar refractivity (Wildman–Crippen MR) is 112 cm³/mol. The summed E-state index contributed by atoms with van der Waals surface area (Å²) in [6.07, 6.45) is 2.00. The molecule has 2 N–H and O–H groups in total. The van der Waals surface area contributed by atoms with Crippen molar-refractivity contribution in [2.45, 2.75) is 12.1 Å². The third kappa shape index (κ3) is 6.30. The number of aryl methyl sites for hydroxylation is 1. The van der Waals surface area contributed by atoms with Gasteiger partial charge in [0.05, 0.1) is 5.56 Å². The van der Waals surface area contributed by atoms with E-state index in [1.54, 1.807) is 19.1 Å². The fourth-order valence-electron chi connectivity index (χ4n) is 2.50. The van der Waals surface area contributed by atoms with Crippen LogP contribution in [0.4, 0.5) is 4.39 Å². The fraction of sp³-hybridized carbons (Fsp3) is 0.100. The maximum atomic E-state index is 13.1. The molecule has 0 radical (unpaired) electrons. The van der Waals surface area contributed by atoms with E-state index in [-0.39, 0.29) is 11.1 Å². The number of carbonyl (C=O) groups is 2. The first kappa shape index (κ1) is 24.9. The van der Waals surface area contributed by atoms with Crippen molar-refractivity contribution in [2.24, 2.45) is 0 Å². The van der Waals surface area contributed by atoms with E-state index in [0.717, 1.165) is 12.5 Å². The van der Waals surface area contributed by atoms with Crippen molar-refractivity contribution >= 4 is 33.4 Å². The van der Waals surface area contributed by atoms with E-state index in [9.17, 15) is 27.5 Å². The molecule has 0 atom stereocenters. The van der Waals surface area contributed by atoms with Crippen LogP contribution in [-0.2, 0) is 14.7 Å². The number of rotatable bonds is 4. The third-order valence-electron chi connectivity index (χ3n) is 3.92. The molecule has 0 bridgehead atoms. The Morgan fingerprint density at radius 3 is 2.34 bits per heavy atom. The number of hydrogen-bond donors (Lipinski definition) is 2. The average Bonchev–Trinajstić information content (AvgIpc) is 2.72. The lowest BCUT2D eigenvalue weighted by molar-refractivity contribution is -0.182. The van der Waals surface area contributed by atoms with Gasteiger partial charge in [0.1, 0.15) is 5.82 Å². The largest absolute Gasteiger partial charge is 0.476 e. The molecule has 3 aromatic rings. The monoisotopic (exact) mass is 482 g/mol. The molecule has 0 fully saturated rings. The molecule has 168 valence electrons. The van der Waals surface area contributed by atoms with Crippen LogP contribution in [0.25, 0.3) is 11.1 Å². The molecule has 12 heteroatoms. The zero-order valence-electron chi connectivity index (χ0n) is 16.6. The molecule has 1 heterocycles. The van der Waals surface area contributed by atoms with Crippen LogP contribution in [0, 0.1) is 12.7 Å². The number of carbonyl (C=O) groups excluding carboxylic acids is 1. The minimum atomic E-state index is -3.72. The Hall–Kier alpha value is -3.41. The normalized spacial score (nSPS) is 10.7. The topological polar surface area (TPSA) is 144 Å². The van der Waals surface area contributed by atoms with Gasteiger partial charge in [-0.05, 0) is 48.4 Å². The van der Waals surface area contributed by atoms with Gasteiger partial charge in [-0.2, -0.15) is 5.26 Å². The van der Waals surface area contributed by atoms with Gasteiger partial charge in [0.2, 0.25) is 15.0 Å². The molecule has 0 aliphatic heterocycles. The Bertz CT molecular complexity index is 1280. The van der Waals surface area contributed by atoms with Crippen molar-refractivity contribution < 1.29 is 37.6 Å². The van der Waals surface area contributed by atoms with Crippen molar-refractivity contribution in [1.82, 2.24) is 9.97 Å². The molecule has 0 unspecified atom stereocenters. The Labute approximate surface area is 186 Å². The zero-order valence-corrected chi connectivity index (χ0v) is 18.2. The molecule has 0 spiro atoms. The van der Waals surface area contributed by atoms with Gasteiger partial charge in [-0.1, -0.05) is 23.7 Å². The third-order valence-corrected chi connectivity index (χ3v) is 5.02. The lowest BCUT2D eigenvalue weighted by Crippen LogP contribution is -2.11. The van der Waals surface area contributed by atoms with Crippen LogP contribution in [-0.4, -0.2) is 46.9 Å². The maximum Gasteiger partial charge on any atom is 0.372 e. The second kappa shape index (κ2) is 10.3. The summed E-state index contributed by atoms with van der Waals surface area (Å²) in [6.45, 7) is 1.61. The molecule has 0 amide bonds. The summed E-state index contributed by atoms with van der Waals surface area (Å²) in [6, 6.07) is 9.93. The summed E-state index contributed by atoms with van der Waals surface area (Å²) in [5.74, 6) is -2.66. The highest BCUT2D eigenvalue weighted by Crippen LogP contribution is 2.26. The number of carboxylic acids is 1. The Balaban J connectivity index is 0.000000278. The van der Waals surface area contributed by atoms with Crippen LogP contribution in [0.15, 0.2) is 53.8 Å². The van der Waals surface area contributed by atoms with Gasteiger partial charge in [-0.3, -0.25) is 4.89 Å². The van der Waals surface area contributed by atoms with Crippen LogP contribution in [0.3, 0.4) is 0 Å². The molecule has 32 heavy (non-hydrogen) atoms. The first-order chi connectivity index (χ1) is 14.9. The lowest BCUT2D eigenvalue weighted by Gasteiger charge is -2.09. The van der Waals surface area contributed by atoms with Gasteiger partial charge < -0.3 is 5.11 Å². The van der Waals surface area contributed by atoms with Crippen molar-refractivity contribution in [1.29, 1.82) is 0 Å². The van der Waals surface area contributed by atoms with E-state index in [2.05, 4.69) is 14.9 Å². The van der Waals surface area contributed by atoms with Gasteiger partial charge in [0.25, 0.3) is 0 Å². The summed E-state index contributed by atoms with van der Waals surface area (Å²) in [7, 11) is -3.72. The fourth-order valence-corrected chi connectivity index (χ4v) is 3.19. The number of nitrogens with zero attached hydrogens (tertiary/aromatic N) is 2. The standard InChI is InChI=1S/C13H11FN2O4S.C7H5ClO3/c1-7-5-8(14)3-4-9(7)10-6-15-13(21(2,19)20)16-11(10)12(17)18;8-6-3-1-2-5(4-6)7(9)11-10/h3-6H,1-2H3,(H,17,18);1-4,10H. The van der Waals surface area contributed by atoms with Gasteiger partial charge in [-0.15, -0.1) is 0 Å². The second-order valence-electron chi connectivity index (χ2n) is 6.34. The molecular formula is C20H16ClFN2O7S. The quantitative estimate of drug-likeness (QED) is 0.323. The van der Waals surface area contributed by atoms with Crippen LogP contribution in [0.5, 0.6) is 0 Å². The lowest BCUT2D eigenvalue weighted by atomic mass is 10.0. The van der Waals surface area contributed by atoms with Gasteiger partial charge >= 0.3 is 11.9 Å². The Morgan fingerprint density at radius 2 is 1.81 bits per heavy atom. The first-order valence-electron chi connectivity index (χ1n) is 8.62. The highest BCUT2D eigenvalue weighted by atomic mass is 35.5. The minimum absolute atomic E-state index is 0.132. The predicted octanol–water partition coefficient (Wildman–Crippen LogP) is 3.66. The van der Waals surface area contributed by atoms with Crippen LogP contribution < -0.4 is 0 Å². The van der Waals surface area contributed by atoms with Crippen molar-refractivity contribution in [3.8, 4) is 11.1 Å². The second-order valence-corrected chi connectivity index (χ2v) is 8.69. The number of aromatic carboxylic acids is 1. The molecule has 3 rings (SSSR count). The molecule has 0 saturated heterocycles. The Kier molecular flexibility index (Phi) is 7.97. The molecule has 2 aromatic carbocycles. The molecular weight excluding hydrogens is 467 g/mol. The highest BCUT2D eigenvalue weighted by molar-refractivity contribution is 7.90. The van der Waals surface area contributed by atoms with E-state index in [4.69, 9.17) is 16.9 Å². The van der Waals surface area contributed by atoms with E-state index >= 15 is 0 Å². The van der Waals surface area contributed by atoms with Gasteiger partial charge in [-0.25, -0.2) is 32.4 Å². The highest BCUT2D eigenvalue weighted by Gasteiger charge is 2.21. The number of sulfone groups is 1. The maximum absolute atomic E-state index is 13.1. The van der Waals surface area contributed by atoms with Crippen molar-refractivity contribution in [2.75, 3.05) is 6.26 Å². The minimum Gasteiger partial charge on any atom is -0.476 e. The molecule has 0 aliphatic rings.